The van der Waals surface area contributed by atoms with Crippen LogP contribution in [0.2, 0.25) is 0 Å². The highest BCUT2D eigenvalue weighted by Gasteiger charge is 2.27. The van der Waals surface area contributed by atoms with Crippen LogP contribution in [0.4, 0.5) is 5.69 Å². The van der Waals surface area contributed by atoms with Gasteiger partial charge in [-0.1, -0.05) is 0 Å². The molecule has 0 aliphatic rings. The second kappa shape index (κ2) is 6.65. The molecule has 0 saturated carbocycles. The minimum absolute atomic E-state index is 0.00572. The molecule has 0 unspecified atom stereocenters. The van der Waals surface area contributed by atoms with Gasteiger partial charge in [-0.3, -0.25) is 19.7 Å². The van der Waals surface area contributed by atoms with Crippen LogP contribution < -0.4 is 5.32 Å². The van der Waals surface area contributed by atoms with Crippen LogP contribution in [0.1, 0.15) is 19.4 Å². The Morgan fingerprint density at radius 2 is 1.90 bits per heavy atom. The number of carbonyl (C=O) groups excluding carboxylic acids is 1. The van der Waals surface area contributed by atoms with E-state index in [1.165, 1.54) is 50.3 Å². The third-order valence-electron chi connectivity index (χ3n) is 2.81. The summed E-state index contributed by atoms with van der Waals surface area (Å²) in [5.74, 6) is -1.43. The standard InChI is InChI=1S/C14H16N2O5/c1-14(2,13(18)19)9-15-12(17)8-5-10-3-6-11(7-4-10)16(20)21/h3-8H,9H2,1-2H3,(H,15,17)(H,18,19)/b8-5+. The van der Waals surface area contributed by atoms with Crippen LogP contribution in [0.25, 0.3) is 6.08 Å². The van der Waals surface area contributed by atoms with Crippen LogP contribution in [0.3, 0.4) is 0 Å². The molecule has 0 saturated heterocycles. The fraction of sp³-hybridized carbons (Fsp3) is 0.286. The number of aliphatic carboxylic acids is 1. The van der Waals surface area contributed by atoms with Gasteiger partial charge in [0.1, 0.15) is 0 Å². The van der Waals surface area contributed by atoms with Crippen LogP contribution in [0, 0.1) is 15.5 Å². The van der Waals surface area contributed by atoms with E-state index in [-0.39, 0.29) is 12.2 Å². The van der Waals surface area contributed by atoms with Gasteiger partial charge in [0.05, 0.1) is 10.3 Å². The molecule has 112 valence electrons. The molecule has 7 heteroatoms. The Morgan fingerprint density at radius 3 is 2.38 bits per heavy atom. The van der Waals surface area contributed by atoms with Gasteiger partial charge < -0.3 is 10.4 Å². The monoisotopic (exact) mass is 292 g/mol. The number of carbonyl (C=O) groups is 2. The maximum Gasteiger partial charge on any atom is 0.310 e. The number of carboxylic acid groups (broad SMARTS) is 1. The van der Waals surface area contributed by atoms with E-state index in [2.05, 4.69) is 5.32 Å². The normalized spacial score (nSPS) is 11.3. The number of nitro groups is 1. The molecule has 7 nitrogen and oxygen atoms in total. The van der Waals surface area contributed by atoms with Crippen molar-refractivity contribution in [3.05, 3.63) is 46.0 Å². The molecule has 1 aromatic carbocycles. The maximum absolute atomic E-state index is 11.6. The number of nitro benzene ring substituents is 1. The first-order valence-corrected chi connectivity index (χ1v) is 6.16. The lowest BCUT2D eigenvalue weighted by atomic mass is 9.94. The van der Waals surface area contributed by atoms with Crippen molar-refractivity contribution >= 4 is 23.6 Å². The van der Waals surface area contributed by atoms with Crippen molar-refractivity contribution in [2.45, 2.75) is 13.8 Å². The predicted molar refractivity (Wildman–Crippen MR) is 76.6 cm³/mol. The van der Waals surface area contributed by atoms with E-state index in [4.69, 9.17) is 5.11 Å². The topological polar surface area (TPSA) is 110 Å². The predicted octanol–water partition coefficient (Wildman–Crippen LogP) is 1.83. The lowest BCUT2D eigenvalue weighted by Crippen LogP contribution is -2.38. The first-order chi connectivity index (χ1) is 9.72. The number of benzene rings is 1. The zero-order valence-corrected chi connectivity index (χ0v) is 11.7. The summed E-state index contributed by atoms with van der Waals surface area (Å²) in [6.45, 7) is 3.02. The number of nitrogens with one attached hydrogen (secondary N) is 1. The molecule has 0 bridgehead atoms. The van der Waals surface area contributed by atoms with Gasteiger partial charge in [-0.15, -0.1) is 0 Å². The zero-order chi connectivity index (χ0) is 16.0. The van der Waals surface area contributed by atoms with Gasteiger partial charge in [-0.2, -0.15) is 0 Å². The van der Waals surface area contributed by atoms with Gasteiger partial charge in [-0.05, 0) is 37.6 Å². The molecule has 21 heavy (non-hydrogen) atoms. The van der Waals surface area contributed by atoms with E-state index in [1.807, 2.05) is 0 Å². The largest absolute Gasteiger partial charge is 0.481 e. The molecule has 2 N–H and O–H groups in total. The van der Waals surface area contributed by atoms with Gasteiger partial charge >= 0.3 is 5.97 Å². The smallest absolute Gasteiger partial charge is 0.310 e. The van der Waals surface area contributed by atoms with Gasteiger partial charge in [0, 0.05) is 24.8 Å². The fourth-order valence-electron chi connectivity index (χ4n) is 1.32. The minimum atomic E-state index is -1.04. The van der Waals surface area contributed by atoms with Crippen LogP contribution >= 0.6 is 0 Å². The lowest BCUT2D eigenvalue weighted by molar-refractivity contribution is -0.384. The first-order valence-electron chi connectivity index (χ1n) is 6.16. The summed E-state index contributed by atoms with van der Waals surface area (Å²) < 4.78 is 0. The van der Waals surface area contributed by atoms with Crippen molar-refractivity contribution in [2.75, 3.05) is 6.54 Å². The van der Waals surface area contributed by atoms with E-state index in [9.17, 15) is 19.7 Å². The summed E-state index contributed by atoms with van der Waals surface area (Å²) in [7, 11) is 0. The number of hydrogen-bond donors (Lipinski definition) is 2. The summed E-state index contributed by atoms with van der Waals surface area (Å²) in [6, 6.07) is 5.71. The number of nitrogens with zero attached hydrogens (tertiary/aromatic N) is 1. The molecule has 0 radical (unpaired) electrons. The molecular formula is C14H16N2O5. The molecule has 1 amide bonds. The molecule has 0 aliphatic heterocycles. The van der Waals surface area contributed by atoms with Crippen LogP contribution in [0.5, 0.6) is 0 Å². The maximum atomic E-state index is 11.6. The molecular weight excluding hydrogens is 276 g/mol. The van der Waals surface area contributed by atoms with Crippen molar-refractivity contribution in [1.29, 1.82) is 0 Å². The number of amides is 1. The second-order valence-electron chi connectivity index (χ2n) is 5.09. The van der Waals surface area contributed by atoms with Crippen molar-refractivity contribution in [1.82, 2.24) is 5.32 Å². The molecule has 0 atom stereocenters. The average molecular weight is 292 g/mol. The van der Waals surface area contributed by atoms with E-state index >= 15 is 0 Å². The Balaban J connectivity index is 2.58. The van der Waals surface area contributed by atoms with E-state index in [1.54, 1.807) is 0 Å². The lowest BCUT2D eigenvalue weighted by Gasteiger charge is -2.18. The van der Waals surface area contributed by atoms with E-state index in [0.717, 1.165) is 0 Å². The summed E-state index contributed by atoms with van der Waals surface area (Å²) in [5.41, 5.74) is -0.440. The van der Waals surface area contributed by atoms with Crippen LogP contribution in [0.15, 0.2) is 30.3 Å². The van der Waals surface area contributed by atoms with Crippen molar-refractivity contribution in [3.63, 3.8) is 0 Å². The van der Waals surface area contributed by atoms with Crippen molar-refractivity contribution < 1.29 is 19.6 Å². The molecule has 0 heterocycles. The molecule has 0 aromatic heterocycles. The van der Waals surface area contributed by atoms with E-state index < -0.39 is 22.2 Å². The quantitative estimate of drug-likeness (QED) is 0.472. The van der Waals surface area contributed by atoms with Gasteiger partial charge in [0.2, 0.25) is 5.91 Å². The first kappa shape index (κ1) is 16.4. The summed E-state index contributed by atoms with van der Waals surface area (Å²) in [4.78, 5) is 32.4. The van der Waals surface area contributed by atoms with E-state index in [0.29, 0.717) is 5.56 Å². The summed E-state index contributed by atoms with van der Waals surface area (Å²) in [6.07, 6.45) is 2.74. The molecule has 0 fully saturated rings. The van der Waals surface area contributed by atoms with Crippen LogP contribution in [-0.2, 0) is 9.59 Å². The zero-order valence-electron chi connectivity index (χ0n) is 11.7. The molecule has 0 aliphatic carbocycles. The molecule has 1 aromatic rings. The molecule has 0 spiro atoms. The number of carboxylic acids is 1. The Hall–Kier alpha value is -2.70. The number of non-ortho nitro benzene ring substituents is 1. The average Bonchev–Trinajstić information content (AvgIpc) is 2.43. The summed E-state index contributed by atoms with van der Waals surface area (Å²) in [5, 5.41) is 21.9. The highest BCUT2D eigenvalue weighted by Crippen LogP contribution is 2.14. The highest BCUT2D eigenvalue weighted by molar-refractivity contribution is 5.92. The highest BCUT2D eigenvalue weighted by atomic mass is 16.6. The Bertz CT molecular complexity index is 576. The van der Waals surface area contributed by atoms with Gasteiger partial charge in [0.15, 0.2) is 0 Å². The fourth-order valence-corrected chi connectivity index (χ4v) is 1.32. The second-order valence-corrected chi connectivity index (χ2v) is 5.09. The van der Waals surface area contributed by atoms with Crippen molar-refractivity contribution in [2.24, 2.45) is 5.41 Å². The summed E-state index contributed by atoms with van der Waals surface area (Å²) >= 11 is 0. The molecule has 1 rings (SSSR count). The van der Waals surface area contributed by atoms with Crippen molar-refractivity contribution in [3.8, 4) is 0 Å². The number of hydrogen-bond acceptors (Lipinski definition) is 4. The third kappa shape index (κ3) is 5.06. The van der Waals surface area contributed by atoms with Crippen LogP contribution in [-0.4, -0.2) is 28.5 Å². The number of rotatable bonds is 6. The van der Waals surface area contributed by atoms with Gasteiger partial charge in [-0.25, -0.2) is 0 Å². The Kier molecular flexibility index (Phi) is 5.18. The minimum Gasteiger partial charge on any atom is -0.481 e. The Labute approximate surface area is 121 Å². The third-order valence-corrected chi connectivity index (χ3v) is 2.81. The SMILES string of the molecule is CC(C)(CNC(=O)/C=C/c1ccc([N+](=O)[O-])cc1)C(=O)O. The van der Waals surface area contributed by atoms with Gasteiger partial charge in [0.25, 0.3) is 5.69 Å². The Morgan fingerprint density at radius 1 is 1.33 bits per heavy atom.